The summed E-state index contributed by atoms with van der Waals surface area (Å²) in [5, 5.41) is 20.3. The number of aliphatic hydroxyl groups is 2. The van der Waals surface area contributed by atoms with Crippen LogP contribution in [-0.2, 0) is 4.74 Å². The molecule has 1 saturated carbocycles. The van der Waals surface area contributed by atoms with Crippen LogP contribution in [0.2, 0.25) is 0 Å². The minimum atomic E-state index is -0.333. The van der Waals surface area contributed by atoms with Crippen LogP contribution in [0, 0.1) is 16.7 Å². The SMILES string of the molecule is CC1=C[C@H](O)CC(C)(C)[C@H]1/C=C/C(C)=C\C=C\C(C)=C\C=C\C=C(C)\C=C\C=C(C)\C=C\[C@@]12O[C@]1(C)C[C@@H](O)CC2(C)C. The van der Waals surface area contributed by atoms with Gasteiger partial charge in [0.15, 0.2) is 0 Å². The maximum atomic E-state index is 10.2. The molecule has 43 heavy (non-hydrogen) atoms. The molecule has 0 aromatic heterocycles. The highest BCUT2D eigenvalue weighted by atomic mass is 16.6. The topological polar surface area (TPSA) is 53.0 Å². The van der Waals surface area contributed by atoms with Gasteiger partial charge in [-0.3, -0.25) is 0 Å². The van der Waals surface area contributed by atoms with Gasteiger partial charge in [0.25, 0.3) is 0 Å². The molecule has 2 fully saturated rings. The molecule has 1 saturated heterocycles. The van der Waals surface area contributed by atoms with E-state index in [1.165, 1.54) is 27.9 Å². The molecule has 2 N–H and O–H groups in total. The predicted octanol–water partition coefficient (Wildman–Crippen LogP) is 9.61. The molecule has 1 heterocycles. The van der Waals surface area contributed by atoms with Crippen molar-refractivity contribution in [3.63, 3.8) is 0 Å². The van der Waals surface area contributed by atoms with E-state index in [2.05, 4.69) is 154 Å². The third kappa shape index (κ3) is 8.91. The van der Waals surface area contributed by atoms with E-state index < -0.39 is 0 Å². The first-order valence-corrected chi connectivity index (χ1v) is 15.8. The second-order valence-corrected chi connectivity index (χ2v) is 14.6. The smallest absolute Gasteiger partial charge is 0.121 e. The number of hydrogen-bond donors (Lipinski definition) is 2. The highest BCUT2D eigenvalue weighted by Crippen LogP contribution is 2.66. The summed E-state index contributed by atoms with van der Waals surface area (Å²) in [4.78, 5) is 0. The number of fused-ring (bicyclic) bond motifs is 1. The Morgan fingerprint density at radius 1 is 0.721 bits per heavy atom. The normalized spacial score (nSPS) is 33.8. The lowest BCUT2D eigenvalue weighted by Crippen LogP contribution is -2.46. The maximum absolute atomic E-state index is 10.2. The standard InChI is InChI=1S/C40H56O3/c1-29(17-13-19-31(3)21-22-36-33(5)25-34(41)26-37(36,6)7)15-11-12-16-30(2)18-14-20-32(4)23-24-40-38(8,9)27-35(42)28-39(40,10)43-40/h11-25,34-36,41-42H,26-28H2,1-10H3/b12-11+,17-13+,18-14+,22-21+,24-23+,29-15+,30-16+,31-19-,32-20+/t34-,35-,36-,39+,40-/m0/s1. The first-order chi connectivity index (χ1) is 20.0. The monoisotopic (exact) mass is 584 g/mol. The van der Waals surface area contributed by atoms with E-state index in [-0.39, 0.29) is 34.2 Å². The van der Waals surface area contributed by atoms with Crippen molar-refractivity contribution >= 4 is 0 Å². The molecule has 0 amide bonds. The molecule has 0 spiro atoms. The molecule has 5 atom stereocenters. The Balaban J connectivity index is 1.49. The molecule has 2 aliphatic carbocycles. The molecule has 0 aromatic carbocycles. The minimum Gasteiger partial charge on any atom is -0.393 e. The Morgan fingerprint density at radius 2 is 1.23 bits per heavy atom. The van der Waals surface area contributed by atoms with Gasteiger partial charge in [-0.05, 0) is 65.9 Å². The number of hydrogen-bond acceptors (Lipinski definition) is 3. The van der Waals surface area contributed by atoms with Crippen molar-refractivity contribution in [2.75, 3.05) is 0 Å². The molecule has 3 nitrogen and oxygen atoms in total. The third-order valence-electron chi connectivity index (χ3n) is 9.43. The molecular weight excluding hydrogens is 528 g/mol. The number of rotatable bonds is 10. The van der Waals surface area contributed by atoms with Crippen LogP contribution < -0.4 is 0 Å². The Bertz CT molecular complexity index is 1320. The van der Waals surface area contributed by atoms with E-state index in [1.54, 1.807) is 0 Å². The van der Waals surface area contributed by atoms with Crippen molar-refractivity contribution in [1.82, 2.24) is 0 Å². The van der Waals surface area contributed by atoms with Gasteiger partial charge in [0.05, 0.1) is 12.2 Å². The van der Waals surface area contributed by atoms with E-state index in [0.717, 1.165) is 12.8 Å². The average Bonchev–Trinajstić information content (AvgIpc) is 3.49. The van der Waals surface area contributed by atoms with Crippen molar-refractivity contribution in [2.24, 2.45) is 16.7 Å². The summed E-state index contributed by atoms with van der Waals surface area (Å²) < 4.78 is 6.25. The summed E-state index contributed by atoms with van der Waals surface area (Å²) in [6.45, 7) is 21.5. The quantitative estimate of drug-likeness (QED) is 0.153. The van der Waals surface area contributed by atoms with Crippen molar-refractivity contribution in [3.05, 3.63) is 119 Å². The van der Waals surface area contributed by atoms with Gasteiger partial charge in [-0.1, -0.05) is 141 Å². The lowest BCUT2D eigenvalue weighted by molar-refractivity contribution is 0.0515. The van der Waals surface area contributed by atoms with Gasteiger partial charge in [0.1, 0.15) is 11.2 Å². The van der Waals surface area contributed by atoms with Gasteiger partial charge in [-0.15, -0.1) is 0 Å². The number of allylic oxidation sites excluding steroid dienone is 18. The fraction of sp³-hybridized carbons (Fsp3) is 0.500. The van der Waals surface area contributed by atoms with Gasteiger partial charge < -0.3 is 14.9 Å². The molecule has 0 aromatic rings. The molecule has 0 bridgehead atoms. The van der Waals surface area contributed by atoms with Crippen molar-refractivity contribution in [2.45, 2.75) is 112 Å². The minimum absolute atomic E-state index is 0.0547. The lowest BCUT2D eigenvalue weighted by atomic mass is 9.63. The van der Waals surface area contributed by atoms with E-state index >= 15 is 0 Å². The van der Waals surface area contributed by atoms with Crippen molar-refractivity contribution in [3.8, 4) is 0 Å². The van der Waals surface area contributed by atoms with E-state index in [9.17, 15) is 10.2 Å². The zero-order valence-corrected chi connectivity index (χ0v) is 28.3. The van der Waals surface area contributed by atoms with Gasteiger partial charge in [-0.2, -0.15) is 0 Å². The summed E-state index contributed by atoms with van der Waals surface area (Å²) in [7, 11) is 0. The Morgan fingerprint density at radius 3 is 1.77 bits per heavy atom. The Hall–Kier alpha value is -2.72. The van der Waals surface area contributed by atoms with E-state index in [4.69, 9.17) is 4.74 Å². The maximum Gasteiger partial charge on any atom is 0.121 e. The summed E-state index contributed by atoms with van der Waals surface area (Å²) in [6, 6.07) is 0. The Labute approximate surface area is 262 Å². The summed E-state index contributed by atoms with van der Waals surface area (Å²) >= 11 is 0. The number of ether oxygens (including phenoxy) is 1. The molecule has 3 rings (SSSR count). The first kappa shape index (κ1) is 34.8. The van der Waals surface area contributed by atoms with Crippen LogP contribution in [-0.4, -0.2) is 33.6 Å². The Kier molecular flexibility index (Phi) is 11.3. The van der Waals surface area contributed by atoms with Crippen molar-refractivity contribution in [1.29, 1.82) is 0 Å². The first-order valence-electron chi connectivity index (χ1n) is 15.8. The summed E-state index contributed by atoms with van der Waals surface area (Å²) in [6.07, 6.45) is 33.5. The number of aliphatic hydroxyl groups excluding tert-OH is 2. The third-order valence-corrected chi connectivity index (χ3v) is 9.43. The van der Waals surface area contributed by atoms with Gasteiger partial charge >= 0.3 is 0 Å². The summed E-state index contributed by atoms with van der Waals surface area (Å²) in [5.74, 6) is 0.345. The van der Waals surface area contributed by atoms with Crippen LogP contribution in [0.5, 0.6) is 0 Å². The van der Waals surface area contributed by atoms with Gasteiger partial charge in [0, 0.05) is 17.8 Å². The molecule has 1 aliphatic heterocycles. The van der Waals surface area contributed by atoms with Crippen LogP contribution in [0.3, 0.4) is 0 Å². The largest absolute Gasteiger partial charge is 0.393 e. The number of epoxide rings is 1. The summed E-state index contributed by atoms with van der Waals surface area (Å²) in [5.41, 5.74) is 5.38. The fourth-order valence-corrected chi connectivity index (χ4v) is 7.07. The molecule has 234 valence electrons. The zero-order chi connectivity index (χ0) is 32.1. The fourth-order valence-electron chi connectivity index (χ4n) is 7.07. The highest BCUT2D eigenvalue weighted by molar-refractivity contribution is 5.37. The second-order valence-electron chi connectivity index (χ2n) is 14.6. The van der Waals surface area contributed by atoms with E-state index in [0.29, 0.717) is 12.3 Å². The molecular formula is C40H56O3. The second kappa shape index (κ2) is 13.9. The van der Waals surface area contributed by atoms with Crippen LogP contribution >= 0.6 is 0 Å². The predicted molar refractivity (Wildman–Crippen MR) is 184 cm³/mol. The molecule has 0 unspecified atom stereocenters. The van der Waals surface area contributed by atoms with Gasteiger partial charge in [-0.25, -0.2) is 0 Å². The molecule has 0 radical (unpaired) electrons. The molecule has 3 heteroatoms. The van der Waals surface area contributed by atoms with E-state index in [1.807, 2.05) is 6.08 Å². The average molecular weight is 585 g/mol. The van der Waals surface area contributed by atoms with Crippen LogP contribution in [0.4, 0.5) is 0 Å². The van der Waals surface area contributed by atoms with Gasteiger partial charge in [0.2, 0.25) is 0 Å². The highest BCUT2D eigenvalue weighted by Gasteiger charge is 2.74. The van der Waals surface area contributed by atoms with Crippen molar-refractivity contribution < 1.29 is 14.9 Å². The van der Waals surface area contributed by atoms with Crippen LogP contribution in [0.1, 0.15) is 88.5 Å². The zero-order valence-electron chi connectivity index (χ0n) is 28.3. The lowest BCUT2D eigenvalue weighted by Gasteiger charge is -2.39. The van der Waals surface area contributed by atoms with Crippen LogP contribution in [0.15, 0.2) is 119 Å². The molecule has 3 aliphatic rings. The van der Waals surface area contributed by atoms with Crippen LogP contribution in [0.25, 0.3) is 0 Å².